The van der Waals surface area contributed by atoms with Gasteiger partial charge in [-0.3, -0.25) is 9.59 Å². The van der Waals surface area contributed by atoms with Crippen molar-refractivity contribution in [2.45, 2.75) is 6.54 Å². The predicted octanol–water partition coefficient (Wildman–Crippen LogP) is 2.34. The number of carbonyl (C=O) groups excluding carboxylic acids is 2. The van der Waals surface area contributed by atoms with Crippen LogP contribution in [0.25, 0.3) is 0 Å². The Morgan fingerprint density at radius 3 is 2.24 bits per heavy atom. The largest absolute Gasteiger partial charge is 0.497 e. The first-order chi connectivity index (χ1) is 12.0. The number of hydrogen-bond donors (Lipinski definition) is 1. The molecule has 0 bridgehead atoms. The summed E-state index contributed by atoms with van der Waals surface area (Å²) in [6, 6.07) is 12.2. The maximum atomic E-state index is 12.4. The van der Waals surface area contributed by atoms with Crippen LogP contribution >= 0.6 is 0 Å². The Morgan fingerprint density at radius 2 is 1.68 bits per heavy atom. The highest BCUT2D eigenvalue weighted by Gasteiger charge is 2.14. The maximum absolute atomic E-state index is 12.4. The Morgan fingerprint density at radius 1 is 1.00 bits per heavy atom. The molecule has 2 rings (SSSR count). The highest BCUT2D eigenvalue weighted by Crippen LogP contribution is 2.23. The molecule has 0 aliphatic heterocycles. The van der Waals surface area contributed by atoms with E-state index < -0.39 is 0 Å². The molecule has 0 aliphatic rings. The van der Waals surface area contributed by atoms with E-state index in [2.05, 4.69) is 5.32 Å². The summed E-state index contributed by atoms with van der Waals surface area (Å²) in [6.07, 6.45) is 0. The molecule has 0 saturated carbocycles. The van der Waals surface area contributed by atoms with E-state index in [-0.39, 0.29) is 11.8 Å². The first-order valence-corrected chi connectivity index (χ1v) is 7.77. The highest BCUT2D eigenvalue weighted by atomic mass is 16.5. The van der Waals surface area contributed by atoms with E-state index in [1.165, 1.54) is 12.0 Å². The van der Waals surface area contributed by atoms with Crippen LogP contribution in [0.2, 0.25) is 0 Å². The molecule has 2 amide bonds. The van der Waals surface area contributed by atoms with Gasteiger partial charge < -0.3 is 19.7 Å². The Bertz CT molecular complexity index is 755. The van der Waals surface area contributed by atoms with Gasteiger partial charge in [-0.15, -0.1) is 0 Å². The molecule has 6 heteroatoms. The van der Waals surface area contributed by atoms with Crippen LogP contribution in [0.5, 0.6) is 11.5 Å². The summed E-state index contributed by atoms with van der Waals surface area (Å²) >= 11 is 0. The van der Waals surface area contributed by atoms with Crippen LogP contribution in [-0.2, 0) is 6.54 Å². The van der Waals surface area contributed by atoms with E-state index in [1.54, 1.807) is 51.5 Å². The van der Waals surface area contributed by atoms with Crippen molar-refractivity contribution in [1.29, 1.82) is 0 Å². The number of rotatable bonds is 6. The number of amides is 2. The van der Waals surface area contributed by atoms with Crippen molar-refractivity contribution in [3.63, 3.8) is 0 Å². The normalized spacial score (nSPS) is 10.1. The van der Waals surface area contributed by atoms with E-state index in [9.17, 15) is 9.59 Å². The van der Waals surface area contributed by atoms with Gasteiger partial charge in [0.25, 0.3) is 11.8 Å². The lowest BCUT2D eigenvalue weighted by molar-refractivity contribution is 0.0827. The number of benzene rings is 2. The van der Waals surface area contributed by atoms with Crippen LogP contribution in [-0.4, -0.2) is 45.0 Å². The number of hydrogen-bond acceptors (Lipinski definition) is 4. The zero-order chi connectivity index (χ0) is 18.4. The number of carbonyl (C=O) groups is 2. The van der Waals surface area contributed by atoms with Crippen molar-refractivity contribution in [3.05, 3.63) is 59.2 Å². The SMILES string of the molecule is COc1ccc(OC)c(C(=O)NCc2ccc(C(=O)N(C)C)cc2)c1. The van der Waals surface area contributed by atoms with Gasteiger partial charge in [0.1, 0.15) is 11.5 Å². The molecule has 0 aromatic heterocycles. The number of nitrogens with one attached hydrogen (secondary N) is 1. The zero-order valence-electron chi connectivity index (χ0n) is 14.8. The Labute approximate surface area is 147 Å². The third-order valence-corrected chi connectivity index (χ3v) is 3.71. The van der Waals surface area contributed by atoms with Gasteiger partial charge in [-0.1, -0.05) is 12.1 Å². The smallest absolute Gasteiger partial charge is 0.255 e. The Balaban J connectivity index is 2.06. The van der Waals surface area contributed by atoms with Crippen LogP contribution in [0.15, 0.2) is 42.5 Å². The second-order valence-corrected chi connectivity index (χ2v) is 5.65. The second kappa shape index (κ2) is 8.19. The third-order valence-electron chi connectivity index (χ3n) is 3.71. The maximum Gasteiger partial charge on any atom is 0.255 e. The van der Waals surface area contributed by atoms with Gasteiger partial charge in [-0.2, -0.15) is 0 Å². The summed E-state index contributed by atoms with van der Waals surface area (Å²) in [6.45, 7) is 0.343. The molecular formula is C19H22N2O4. The summed E-state index contributed by atoms with van der Waals surface area (Å²) < 4.78 is 10.4. The summed E-state index contributed by atoms with van der Waals surface area (Å²) in [5, 5.41) is 2.84. The lowest BCUT2D eigenvalue weighted by Crippen LogP contribution is -2.24. The Kier molecular flexibility index (Phi) is 6.00. The zero-order valence-corrected chi connectivity index (χ0v) is 14.8. The monoisotopic (exact) mass is 342 g/mol. The van der Waals surface area contributed by atoms with Crippen molar-refractivity contribution < 1.29 is 19.1 Å². The summed E-state index contributed by atoms with van der Waals surface area (Å²) in [5.41, 5.74) is 1.90. The molecule has 0 unspecified atom stereocenters. The van der Waals surface area contributed by atoms with Gasteiger partial charge in [-0.25, -0.2) is 0 Å². The average molecular weight is 342 g/mol. The summed E-state index contributed by atoms with van der Waals surface area (Å²) in [4.78, 5) is 25.8. The van der Waals surface area contributed by atoms with Gasteiger partial charge in [0.15, 0.2) is 0 Å². The number of ether oxygens (including phenoxy) is 2. The lowest BCUT2D eigenvalue weighted by atomic mass is 10.1. The minimum absolute atomic E-state index is 0.0586. The molecule has 1 N–H and O–H groups in total. The van der Waals surface area contributed by atoms with Crippen LogP contribution in [0.3, 0.4) is 0 Å². The minimum atomic E-state index is -0.260. The fourth-order valence-electron chi connectivity index (χ4n) is 2.29. The topological polar surface area (TPSA) is 67.9 Å². The van der Waals surface area contributed by atoms with E-state index in [0.717, 1.165) is 5.56 Å². The average Bonchev–Trinajstić information content (AvgIpc) is 2.65. The van der Waals surface area contributed by atoms with Crippen molar-refractivity contribution in [3.8, 4) is 11.5 Å². The van der Waals surface area contributed by atoms with Crippen LogP contribution < -0.4 is 14.8 Å². The molecule has 0 radical (unpaired) electrons. The standard InChI is InChI=1S/C19H22N2O4/c1-21(2)19(23)14-7-5-13(6-8-14)12-20-18(22)16-11-15(24-3)9-10-17(16)25-4/h5-11H,12H2,1-4H3,(H,20,22). The molecule has 0 fully saturated rings. The van der Waals surface area contributed by atoms with Gasteiger partial charge in [-0.05, 0) is 35.9 Å². The summed E-state index contributed by atoms with van der Waals surface area (Å²) in [5.74, 6) is 0.739. The summed E-state index contributed by atoms with van der Waals surface area (Å²) in [7, 11) is 6.47. The molecule has 0 heterocycles. The van der Waals surface area contributed by atoms with Gasteiger partial charge in [0, 0.05) is 26.2 Å². The van der Waals surface area contributed by atoms with Gasteiger partial charge in [0.2, 0.25) is 0 Å². The van der Waals surface area contributed by atoms with Gasteiger partial charge in [0.05, 0.1) is 19.8 Å². The lowest BCUT2D eigenvalue weighted by Gasteiger charge is -2.12. The quantitative estimate of drug-likeness (QED) is 0.875. The molecule has 2 aromatic carbocycles. The van der Waals surface area contributed by atoms with Crippen LogP contribution in [0.1, 0.15) is 26.3 Å². The van der Waals surface area contributed by atoms with Crippen LogP contribution in [0, 0.1) is 0 Å². The number of methoxy groups -OCH3 is 2. The third kappa shape index (κ3) is 4.50. The van der Waals surface area contributed by atoms with E-state index in [0.29, 0.717) is 29.2 Å². The van der Waals surface area contributed by atoms with Gasteiger partial charge >= 0.3 is 0 Å². The highest BCUT2D eigenvalue weighted by molar-refractivity contribution is 5.97. The molecule has 25 heavy (non-hydrogen) atoms. The number of nitrogens with zero attached hydrogens (tertiary/aromatic N) is 1. The van der Waals surface area contributed by atoms with E-state index in [4.69, 9.17) is 9.47 Å². The molecule has 2 aromatic rings. The van der Waals surface area contributed by atoms with Crippen molar-refractivity contribution in [2.24, 2.45) is 0 Å². The molecule has 0 saturated heterocycles. The minimum Gasteiger partial charge on any atom is -0.497 e. The van der Waals surface area contributed by atoms with Crippen LogP contribution in [0.4, 0.5) is 0 Å². The molecular weight excluding hydrogens is 320 g/mol. The van der Waals surface area contributed by atoms with Crippen molar-refractivity contribution in [2.75, 3.05) is 28.3 Å². The molecule has 0 spiro atoms. The second-order valence-electron chi connectivity index (χ2n) is 5.65. The van der Waals surface area contributed by atoms with E-state index >= 15 is 0 Å². The molecule has 0 aliphatic carbocycles. The fraction of sp³-hybridized carbons (Fsp3) is 0.263. The predicted molar refractivity (Wildman–Crippen MR) is 95.2 cm³/mol. The molecule has 0 atom stereocenters. The van der Waals surface area contributed by atoms with Crippen molar-refractivity contribution in [1.82, 2.24) is 10.2 Å². The first-order valence-electron chi connectivity index (χ1n) is 7.77. The first kappa shape index (κ1) is 18.3. The van der Waals surface area contributed by atoms with Crippen molar-refractivity contribution >= 4 is 11.8 Å². The molecule has 132 valence electrons. The molecule has 6 nitrogen and oxygen atoms in total. The van der Waals surface area contributed by atoms with E-state index in [1.807, 2.05) is 12.1 Å². The fourth-order valence-corrected chi connectivity index (χ4v) is 2.29. The Hall–Kier alpha value is -3.02.